The number of benzene rings is 1. The van der Waals surface area contributed by atoms with Crippen LogP contribution in [0.15, 0.2) is 18.2 Å². The lowest BCUT2D eigenvalue weighted by Gasteiger charge is -2.05. The second-order valence-corrected chi connectivity index (χ2v) is 4.71. The van der Waals surface area contributed by atoms with Gasteiger partial charge in [-0.1, -0.05) is 30.7 Å². The standard InChI is InChI=1S/C10H12ClOP/c1-3-13-10(12)9-7(2)5-4-6-8(9)11/h4-6,13H,3H2,1-2H3. The fourth-order valence-electron chi connectivity index (χ4n) is 1.17. The predicted octanol–water partition coefficient (Wildman–Crippen LogP) is 3.49. The quantitative estimate of drug-likeness (QED) is 0.704. The maximum absolute atomic E-state index is 11.6. The van der Waals surface area contributed by atoms with Crippen LogP contribution >= 0.6 is 20.2 Å². The molecule has 0 aromatic heterocycles. The van der Waals surface area contributed by atoms with Gasteiger partial charge in [0.2, 0.25) is 0 Å². The molecule has 0 radical (unpaired) electrons. The highest BCUT2D eigenvalue weighted by molar-refractivity contribution is 7.58. The van der Waals surface area contributed by atoms with Gasteiger partial charge in [0, 0.05) is 5.56 Å². The minimum absolute atomic E-state index is 0.172. The summed E-state index contributed by atoms with van der Waals surface area (Å²) in [4.78, 5) is 11.6. The average Bonchev–Trinajstić information content (AvgIpc) is 2.04. The lowest BCUT2D eigenvalue weighted by atomic mass is 10.1. The Morgan fingerprint density at radius 1 is 1.54 bits per heavy atom. The SMILES string of the molecule is CCPC(=O)c1c(C)cccc1Cl. The molecule has 1 nitrogen and oxygen atoms in total. The number of halogens is 1. The van der Waals surface area contributed by atoms with E-state index in [4.69, 9.17) is 11.6 Å². The zero-order valence-electron chi connectivity index (χ0n) is 7.73. The van der Waals surface area contributed by atoms with Gasteiger partial charge in [-0.15, -0.1) is 0 Å². The zero-order valence-corrected chi connectivity index (χ0v) is 9.48. The van der Waals surface area contributed by atoms with Gasteiger partial charge in [-0.2, -0.15) is 0 Å². The van der Waals surface area contributed by atoms with Crippen molar-refractivity contribution < 1.29 is 4.79 Å². The molecule has 70 valence electrons. The number of hydrogen-bond donors (Lipinski definition) is 0. The van der Waals surface area contributed by atoms with Crippen molar-refractivity contribution in [3.63, 3.8) is 0 Å². The molecule has 0 N–H and O–H groups in total. The van der Waals surface area contributed by atoms with Gasteiger partial charge in [0.05, 0.1) is 5.02 Å². The van der Waals surface area contributed by atoms with E-state index in [2.05, 4.69) is 0 Å². The van der Waals surface area contributed by atoms with E-state index >= 15 is 0 Å². The van der Waals surface area contributed by atoms with Gasteiger partial charge >= 0.3 is 0 Å². The average molecular weight is 215 g/mol. The normalized spacial score (nSPS) is 11.0. The molecule has 1 aromatic carbocycles. The summed E-state index contributed by atoms with van der Waals surface area (Å²) in [7, 11) is 0.336. The molecule has 13 heavy (non-hydrogen) atoms. The monoisotopic (exact) mass is 214 g/mol. The van der Waals surface area contributed by atoms with Crippen molar-refractivity contribution in [1.29, 1.82) is 0 Å². The minimum Gasteiger partial charge on any atom is -0.289 e. The summed E-state index contributed by atoms with van der Waals surface area (Å²) in [5.41, 5.74) is 1.84. The number of carbonyl (C=O) groups excluding carboxylic acids is 1. The molecule has 0 saturated heterocycles. The van der Waals surface area contributed by atoms with Crippen LogP contribution in [0.25, 0.3) is 0 Å². The van der Waals surface area contributed by atoms with Gasteiger partial charge in [-0.25, -0.2) is 0 Å². The topological polar surface area (TPSA) is 17.1 Å². The molecule has 1 aromatic rings. The second-order valence-electron chi connectivity index (χ2n) is 2.79. The smallest absolute Gasteiger partial charge is 0.182 e. The Morgan fingerprint density at radius 2 is 2.23 bits per heavy atom. The van der Waals surface area contributed by atoms with Crippen LogP contribution in [-0.4, -0.2) is 11.7 Å². The first-order valence-corrected chi connectivity index (χ1v) is 5.78. The molecule has 3 heteroatoms. The molecule has 0 saturated carbocycles. The molecule has 0 heterocycles. The summed E-state index contributed by atoms with van der Waals surface area (Å²) in [5, 5.41) is 0.575. The van der Waals surface area contributed by atoms with Crippen LogP contribution in [0.4, 0.5) is 0 Å². The summed E-state index contributed by atoms with van der Waals surface area (Å²) in [6, 6.07) is 5.55. The zero-order chi connectivity index (χ0) is 9.84. The van der Waals surface area contributed by atoms with Crippen molar-refractivity contribution in [2.75, 3.05) is 6.16 Å². The lowest BCUT2D eigenvalue weighted by Crippen LogP contribution is -1.96. The van der Waals surface area contributed by atoms with E-state index in [0.29, 0.717) is 19.2 Å². The Morgan fingerprint density at radius 3 is 2.77 bits per heavy atom. The molecule has 0 bridgehead atoms. The Balaban J connectivity index is 3.05. The molecule has 1 unspecified atom stereocenters. The lowest BCUT2D eigenvalue weighted by molar-refractivity contribution is 0.108. The van der Waals surface area contributed by atoms with Crippen molar-refractivity contribution in [2.24, 2.45) is 0 Å². The highest BCUT2D eigenvalue weighted by atomic mass is 35.5. The van der Waals surface area contributed by atoms with Gasteiger partial charge in [0.1, 0.15) is 0 Å². The first kappa shape index (κ1) is 10.7. The van der Waals surface area contributed by atoms with Gasteiger partial charge in [-0.05, 0) is 33.3 Å². The molecule has 0 aliphatic rings. The van der Waals surface area contributed by atoms with Gasteiger partial charge in [0.25, 0.3) is 0 Å². The molecule has 0 amide bonds. The highest BCUT2D eigenvalue weighted by Crippen LogP contribution is 2.26. The second kappa shape index (κ2) is 4.74. The fourth-order valence-corrected chi connectivity index (χ4v) is 2.39. The van der Waals surface area contributed by atoms with Gasteiger partial charge in [0.15, 0.2) is 5.52 Å². The van der Waals surface area contributed by atoms with Crippen LogP contribution in [0.2, 0.25) is 5.02 Å². The van der Waals surface area contributed by atoms with Crippen molar-refractivity contribution >= 4 is 25.7 Å². The molecule has 0 fully saturated rings. The van der Waals surface area contributed by atoms with Crippen molar-refractivity contribution in [1.82, 2.24) is 0 Å². The molecular weight excluding hydrogens is 203 g/mol. The predicted molar refractivity (Wildman–Crippen MR) is 59.4 cm³/mol. The number of hydrogen-bond acceptors (Lipinski definition) is 1. The summed E-state index contributed by atoms with van der Waals surface area (Å²) < 4.78 is 0. The van der Waals surface area contributed by atoms with E-state index in [1.807, 2.05) is 26.0 Å². The summed E-state index contributed by atoms with van der Waals surface area (Å²) in [5.74, 6) is 0. The largest absolute Gasteiger partial charge is 0.289 e. The molecular formula is C10H12ClOP. The maximum atomic E-state index is 11.6. The van der Waals surface area contributed by atoms with Crippen LogP contribution in [0, 0.1) is 6.92 Å². The molecule has 0 aliphatic heterocycles. The van der Waals surface area contributed by atoms with E-state index in [1.165, 1.54) is 0 Å². The number of rotatable bonds is 3. The summed E-state index contributed by atoms with van der Waals surface area (Å²) >= 11 is 5.94. The summed E-state index contributed by atoms with van der Waals surface area (Å²) in [6.45, 7) is 3.92. The van der Waals surface area contributed by atoms with E-state index < -0.39 is 0 Å². The third-order valence-corrected chi connectivity index (χ3v) is 3.03. The van der Waals surface area contributed by atoms with E-state index in [-0.39, 0.29) is 5.52 Å². The maximum Gasteiger partial charge on any atom is 0.182 e. The van der Waals surface area contributed by atoms with Crippen molar-refractivity contribution in [3.8, 4) is 0 Å². The van der Waals surface area contributed by atoms with Crippen molar-refractivity contribution in [2.45, 2.75) is 13.8 Å². The van der Waals surface area contributed by atoms with Crippen LogP contribution < -0.4 is 0 Å². The van der Waals surface area contributed by atoms with Crippen LogP contribution in [0.1, 0.15) is 22.8 Å². The molecule has 1 rings (SSSR count). The van der Waals surface area contributed by atoms with Crippen LogP contribution in [0.3, 0.4) is 0 Å². The number of aryl methyl sites for hydroxylation is 1. The molecule has 0 aliphatic carbocycles. The summed E-state index contributed by atoms with van der Waals surface area (Å²) in [6.07, 6.45) is 0.892. The number of carbonyl (C=O) groups is 1. The van der Waals surface area contributed by atoms with E-state index in [0.717, 1.165) is 11.7 Å². The fraction of sp³-hybridized carbons (Fsp3) is 0.300. The van der Waals surface area contributed by atoms with Crippen LogP contribution in [-0.2, 0) is 0 Å². The first-order valence-electron chi connectivity index (χ1n) is 4.20. The first-order chi connectivity index (χ1) is 6.16. The van der Waals surface area contributed by atoms with Crippen LogP contribution in [0.5, 0.6) is 0 Å². The molecule has 0 spiro atoms. The highest BCUT2D eigenvalue weighted by Gasteiger charge is 2.11. The minimum atomic E-state index is 0.172. The third-order valence-electron chi connectivity index (χ3n) is 1.79. The van der Waals surface area contributed by atoms with Crippen molar-refractivity contribution in [3.05, 3.63) is 34.3 Å². The van der Waals surface area contributed by atoms with E-state index in [9.17, 15) is 4.79 Å². The van der Waals surface area contributed by atoms with Gasteiger partial charge < -0.3 is 0 Å². The Hall–Kier alpha value is -0.390. The third kappa shape index (κ3) is 2.52. The Bertz CT molecular complexity index is 302. The van der Waals surface area contributed by atoms with E-state index in [1.54, 1.807) is 6.07 Å². The Kier molecular flexibility index (Phi) is 3.90. The molecule has 1 atom stereocenters. The van der Waals surface area contributed by atoms with Gasteiger partial charge in [-0.3, -0.25) is 4.79 Å². The Labute approximate surface area is 85.3 Å².